The van der Waals surface area contributed by atoms with Crippen molar-refractivity contribution in [2.45, 2.75) is 101 Å². The van der Waals surface area contributed by atoms with Crippen molar-refractivity contribution >= 4 is 12.2 Å². The van der Waals surface area contributed by atoms with Gasteiger partial charge in [-0.3, -0.25) is 4.90 Å². The van der Waals surface area contributed by atoms with Crippen LogP contribution in [0.4, 0.5) is 9.59 Å². The number of nitrogens with one attached hydrogen (secondary N) is 3. The van der Waals surface area contributed by atoms with Crippen LogP contribution in [0.1, 0.15) is 71.4 Å². The molecule has 0 aromatic heterocycles. The molecule has 2 amide bonds. The van der Waals surface area contributed by atoms with E-state index in [2.05, 4.69) is 20.9 Å². The summed E-state index contributed by atoms with van der Waals surface area (Å²) in [5, 5.41) is 33.8. The Morgan fingerprint density at radius 1 is 0.642 bits per heavy atom. The normalized spacial score (nSPS) is 27.0. The van der Waals surface area contributed by atoms with Gasteiger partial charge in [0.25, 0.3) is 0 Å². The smallest absolute Gasteiger partial charge is 0.407 e. The van der Waals surface area contributed by atoms with Gasteiger partial charge in [-0.15, -0.1) is 0 Å². The third-order valence-corrected chi connectivity index (χ3v) is 11.0. The fourth-order valence-corrected chi connectivity index (χ4v) is 7.38. The largest absolute Gasteiger partial charge is 0.445 e. The van der Waals surface area contributed by atoms with Crippen molar-refractivity contribution in [1.82, 2.24) is 20.9 Å². The van der Waals surface area contributed by atoms with Crippen molar-refractivity contribution < 1.29 is 43.5 Å². The fraction of sp³-hybridized carbons (Fsp3) is 0.650. The van der Waals surface area contributed by atoms with Gasteiger partial charge in [0.15, 0.2) is 0 Å². The van der Waals surface area contributed by atoms with Gasteiger partial charge in [0.2, 0.25) is 0 Å². The van der Waals surface area contributed by atoms with Crippen LogP contribution in [0.2, 0.25) is 0 Å². The SMILES string of the molecule is COCC1(C)OC(C)(COC)C(C)(N(CCCCNCCCNC(=O)OCc2ccccc2)CCCNC(=O)OCc2ccccc2)C(C)(O)C1(C)O. The minimum Gasteiger partial charge on any atom is -0.445 e. The molecule has 53 heavy (non-hydrogen) atoms. The molecule has 5 unspecified atom stereocenters. The zero-order valence-electron chi connectivity index (χ0n) is 32.9. The number of alkyl carbamates (subject to hydrolysis) is 2. The molecule has 13 nitrogen and oxygen atoms in total. The number of hydrogen-bond donors (Lipinski definition) is 5. The van der Waals surface area contributed by atoms with E-state index >= 15 is 0 Å². The predicted molar refractivity (Wildman–Crippen MR) is 203 cm³/mol. The lowest BCUT2D eigenvalue weighted by molar-refractivity contribution is -0.392. The molecule has 0 bridgehead atoms. The first-order chi connectivity index (χ1) is 25.2. The van der Waals surface area contributed by atoms with Gasteiger partial charge in [-0.25, -0.2) is 9.59 Å². The molecule has 3 rings (SSSR count). The lowest BCUT2D eigenvalue weighted by Crippen LogP contribution is -2.88. The number of carbonyl (C=O) groups excluding carboxylic acids is 2. The molecule has 1 heterocycles. The molecular formula is C40H64N4O9. The molecule has 0 radical (unpaired) electrons. The summed E-state index contributed by atoms with van der Waals surface area (Å²) in [6, 6.07) is 19.0. The summed E-state index contributed by atoms with van der Waals surface area (Å²) in [5.74, 6) is 0. The average Bonchev–Trinajstić information content (AvgIpc) is 3.13. The van der Waals surface area contributed by atoms with E-state index in [1.807, 2.05) is 74.5 Å². The average molecular weight is 745 g/mol. The molecule has 5 atom stereocenters. The van der Waals surface area contributed by atoms with Crippen molar-refractivity contribution in [3.63, 3.8) is 0 Å². The molecular weight excluding hydrogens is 680 g/mol. The molecule has 1 saturated heterocycles. The van der Waals surface area contributed by atoms with Crippen LogP contribution in [0.3, 0.4) is 0 Å². The topological polar surface area (TPSA) is 160 Å². The van der Waals surface area contributed by atoms with E-state index in [0.29, 0.717) is 32.6 Å². The molecule has 0 spiro atoms. The van der Waals surface area contributed by atoms with E-state index in [4.69, 9.17) is 23.7 Å². The number of methoxy groups -OCH3 is 2. The zero-order valence-corrected chi connectivity index (χ0v) is 32.9. The molecule has 1 aliphatic rings. The van der Waals surface area contributed by atoms with Gasteiger partial charge >= 0.3 is 12.2 Å². The maximum Gasteiger partial charge on any atom is 0.407 e. The number of rotatable bonds is 22. The highest BCUT2D eigenvalue weighted by atomic mass is 16.6. The highest BCUT2D eigenvalue weighted by molar-refractivity contribution is 5.67. The summed E-state index contributed by atoms with van der Waals surface area (Å²) >= 11 is 0. The van der Waals surface area contributed by atoms with Crippen LogP contribution in [-0.2, 0) is 36.9 Å². The summed E-state index contributed by atoms with van der Waals surface area (Å²) in [6.45, 7) is 12.8. The second-order valence-corrected chi connectivity index (χ2v) is 14.8. The van der Waals surface area contributed by atoms with Crippen LogP contribution < -0.4 is 16.0 Å². The van der Waals surface area contributed by atoms with Crippen molar-refractivity contribution in [3.05, 3.63) is 71.8 Å². The summed E-state index contributed by atoms with van der Waals surface area (Å²) < 4.78 is 28.7. The molecule has 1 aliphatic heterocycles. The summed E-state index contributed by atoms with van der Waals surface area (Å²) in [6.07, 6.45) is 1.96. The van der Waals surface area contributed by atoms with Gasteiger partial charge in [-0.05, 0) is 91.1 Å². The lowest BCUT2D eigenvalue weighted by Gasteiger charge is -2.70. The molecule has 0 saturated carbocycles. The van der Waals surface area contributed by atoms with Crippen molar-refractivity contribution in [1.29, 1.82) is 0 Å². The van der Waals surface area contributed by atoms with E-state index < -0.39 is 40.1 Å². The number of amides is 2. The quantitative estimate of drug-likeness (QED) is 0.109. The Bertz CT molecular complexity index is 1380. The predicted octanol–water partition coefficient (Wildman–Crippen LogP) is 4.39. The maximum atomic E-state index is 12.6. The van der Waals surface area contributed by atoms with Crippen LogP contribution in [0.5, 0.6) is 0 Å². The Labute approximate surface area is 316 Å². The van der Waals surface area contributed by atoms with Crippen LogP contribution in [0.15, 0.2) is 60.7 Å². The van der Waals surface area contributed by atoms with E-state index in [0.717, 1.165) is 43.5 Å². The Kier molecular flexibility index (Phi) is 17.0. The standard InChI is InChI=1S/C40H64N4O9/c1-36(30-49-6)38(3,40(5,48)39(4,47)37(2,53-36)31-50-7)44(27-17-25-43-35(46)52-29-33-20-12-9-13-21-33)26-15-14-22-41-23-16-24-42-34(45)51-28-32-18-10-8-11-19-32/h8-13,18-21,41,47-48H,14-17,22-31H2,1-7H3,(H,42,45)(H,43,46). The van der Waals surface area contributed by atoms with E-state index in [-0.39, 0.29) is 26.4 Å². The number of hydrogen-bond acceptors (Lipinski definition) is 11. The molecule has 13 heteroatoms. The second kappa shape index (κ2) is 20.4. The number of aliphatic hydroxyl groups is 2. The van der Waals surface area contributed by atoms with E-state index in [1.165, 1.54) is 7.11 Å². The monoisotopic (exact) mass is 744 g/mol. The number of carbonyl (C=O) groups is 2. The first-order valence-corrected chi connectivity index (χ1v) is 18.6. The maximum absolute atomic E-state index is 12.6. The third-order valence-electron chi connectivity index (χ3n) is 11.0. The van der Waals surface area contributed by atoms with Gasteiger partial charge in [-0.2, -0.15) is 0 Å². The zero-order chi connectivity index (χ0) is 39.0. The minimum absolute atomic E-state index is 0.0522. The van der Waals surface area contributed by atoms with Crippen LogP contribution >= 0.6 is 0 Å². The van der Waals surface area contributed by atoms with Gasteiger partial charge in [-0.1, -0.05) is 60.7 Å². The third kappa shape index (κ3) is 11.1. The molecule has 5 N–H and O–H groups in total. The van der Waals surface area contributed by atoms with Crippen LogP contribution in [0.25, 0.3) is 0 Å². The number of nitrogens with zero attached hydrogens (tertiary/aromatic N) is 1. The summed E-state index contributed by atoms with van der Waals surface area (Å²) in [7, 11) is 3.13. The van der Waals surface area contributed by atoms with Crippen molar-refractivity contribution in [2.24, 2.45) is 0 Å². The Morgan fingerprint density at radius 3 is 1.64 bits per heavy atom. The molecule has 2 aromatic rings. The van der Waals surface area contributed by atoms with Gasteiger partial charge in [0, 0.05) is 33.9 Å². The van der Waals surface area contributed by atoms with Crippen LogP contribution in [-0.4, -0.2) is 122 Å². The summed E-state index contributed by atoms with van der Waals surface area (Å²) in [5.41, 5.74) is -5.12. The highest BCUT2D eigenvalue weighted by Gasteiger charge is 2.75. The number of benzene rings is 2. The number of ether oxygens (including phenoxy) is 5. The Hall–Kier alpha value is -3.30. The lowest BCUT2D eigenvalue weighted by atomic mass is 9.56. The molecule has 0 aliphatic carbocycles. The first kappa shape index (κ1) is 44.1. The second-order valence-electron chi connectivity index (χ2n) is 14.8. The van der Waals surface area contributed by atoms with E-state index in [9.17, 15) is 19.8 Å². The molecule has 2 aromatic carbocycles. The Morgan fingerprint density at radius 2 is 1.11 bits per heavy atom. The summed E-state index contributed by atoms with van der Waals surface area (Å²) in [4.78, 5) is 26.7. The van der Waals surface area contributed by atoms with Gasteiger partial charge in [0.05, 0.1) is 18.8 Å². The Balaban J connectivity index is 1.60. The van der Waals surface area contributed by atoms with Crippen molar-refractivity contribution in [3.8, 4) is 0 Å². The number of unbranched alkanes of at least 4 members (excludes halogenated alkanes) is 1. The molecule has 1 fully saturated rings. The minimum atomic E-state index is -1.74. The molecule has 298 valence electrons. The highest BCUT2D eigenvalue weighted by Crippen LogP contribution is 2.56. The van der Waals surface area contributed by atoms with Crippen LogP contribution in [0, 0.1) is 0 Å². The van der Waals surface area contributed by atoms with Gasteiger partial charge in [0.1, 0.15) is 35.6 Å². The van der Waals surface area contributed by atoms with E-state index in [1.54, 1.807) is 27.9 Å². The van der Waals surface area contributed by atoms with Crippen molar-refractivity contribution in [2.75, 3.05) is 66.7 Å². The van der Waals surface area contributed by atoms with Gasteiger partial charge < -0.3 is 49.8 Å². The first-order valence-electron chi connectivity index (χ1n) is 18.6. The fourth-order valence-electron chi connectivity index (χ4n) is 7.38.